The largest absolute Gasteiger partial charge is 0.384 e. The van der Waals surface area contributed by atoms with Gasteiger partial charge < -0.3 is 10.1 Å². The van der Waals surface area contributed by atoms with Gasteiger partial charge in [0.1, 0.15) is 5.82 Å². The number of hydrogen-bond acceptors (Lipinski definition) is 6. The van der Waals surface area contributed by atoms with Crippen molar-refractivity contribution in [2.24, 2.45) is 11.8 Å². The van der Waals surface area contributed by atoms with Crippen LogP contribution in [0.15, 0.2) is 10.7 Å². The van der Waals surface area contributed by atoms with Crippen LogP contribution in [-0.2, 0) is 4.74 Å². The molecule has 0 aliphatic carbocycles. The van der Waals surface area contributed by atoms with Crippen molar-refractivity contribution in [1.29, 1.82) is 0 Å². The van der Waals surface area contributed by atoms with Crippen molar-refractivity contribution in [1.82, 2.24) is 9.97 Å². The van der Waals surface area contributed by atoms with E-state index >= 15 is 0 Å². The number of hydrazine groups is 1. The fourth-order valence-electron chi connectivity index (χ4n) is 1.17. The molecule has 1 unspecified atom stereocenters. The Morgan fingerprint density at radius 2 is 2.38 bits per heavy atom. The van der Waals surface area contributed by atoms with Crippen LogP contribution in [0.1, 0.15) is 6.92 Å². The summed E-state index contributed by atoms with van der Waals surface area (Å²) in [6.45, 7) is 3.57. The molecule has 0 saturated heterocycles. The van der Waals surface area contributed by atoms with Gasteiger partial charge in [-0.3, -0.25) is 5.43 Å². The summed E-state index contributed by atoms with van der Waals surface area (Å²) in [5, 5.41) is 3.20. The molecule has 6 nitrogen and oxygen atoms in total. The van der Waals surface area contributed by atoms with Gasteiger partial charge in [0.05, 0.1) is 11.1 Å². The third kappa shape index (κ3) is 3.92. The SMILES string of the molecule is COCC(C)CNc1nc(NN)ncc1Br. The Kier molecular flexibility index (Phi) is 5.44. The average Bonchev–Trinajstić information content (AvgIpc) is 2.28. The van der Waals surface area contributed by atoms with E-state index < -0.39 is 0 Å². The maximum absolute atomic E-state index is 5.23. The predicted molar refractivity (Wildman–Crippen MR) is 67.1 cm³/mol. The Morgan fingerprint density at radius 3 is 3.00 bits per heavy atom. The molecule has 0 radical (unpaired) electrons. The van der Waals surface area contributed by atoms with E-state index in [1.807, 2.05) is 0 Å². The first-order valence-corrected chi connectivity index (χ1v) is 5.68. The lowest BCUT2D eigenvalue weighted by atomic mass is 10.2. The van der Waals surface area contributed by atoms with E-state index in [9.17, 15) is 0 Å². The molecule has 1 heterocycles. The van der Waals surface area contributed by atoms with Crippen LogP contribution in [0.5, 0.6) is 0 Å². The number of halogens is 1. The van der Waals surface area contributed by atoms with E-state index in [4.69, 9.17) is 10.6 Å². The summed E-state index contributed by atoms with van der Waals surface area (Å²) in [5.74, 6) is 6.73. The molecule has 1 atom stereocenters. The smallest absolute Gasteiger partial charge is 0.239 e. The molecular weight excluding hydrogens is 274 g/mol. The van der Waals surface area contributed by atoms with Crippen molar-refractivity contribution in [3.8, 4) is 0 Å². The van der Waals surface area contributed by atoms with E-state index in [1.165, 1.54) is 0 Å². The molecule has 0 aromatic carbocycles. The third-order valence-corrected chi connectivity index (χ3v) is 2.52. The lowest BCUT2D eigenvalue weighted by Gasteiger charge is -2.13. The number of hydrogen-bond donors (Lipinski definition) is 3. The van der Waals surface area contributed by atoms with Crippen LogP contribution >= 0.6 is 15.9 Å². The van der Waals surface area contributed by atoms with E-state index in [1.54, 1.807) is 13.3 Å². The molecule has 0 aliphatic heterocycles. The van der Waals surface area contributed by atoms with Crippen molar-refractivity contribution in [3.63, 3.8) is 0 Å². The van der Waals surface area contributed by atoms with E-state index in [-0.39, 0.29) is 0 Å². The van der Waals surface area contributed by atoms with Gasteiger partial charge in [0.25, 0.3) is 0 Å². The Hall–Kier alpha value is -0.920. The summed E-state index contributed by atoms with van der Waals surface area (Å²) >= 11 is 3.36. The van der Waals surface area contributed by atoms with Crippen LogP contribution in [0.2, 0.25) is 0 Å². The molecule has 7 heteroatoms. The molecular formula is C9H16BrN5O. The molecule has 0 amide bonds. The van der Waals surface area contributed by atoms with Crippen LogP contribution in [0.3, 0.4) is 0 Å². The van der Waals surface area contributed by atoms with Gasteiger partial charge in [0.15, 0.2) is 0 Å². The topological polar surface area (TPSA) is 85.1 Å². The minimum absolute atomic E-state index is 0.380. The van der Waals surface area contributed by atoms with Crippen molar-refractivity contribution in [3.05, 3.63) is 10.7 Å². The number of nitrogen functional groups attached to an aromatic ring is 1. The highest BCUT2D eigenvalue weighted by molar-refractivity contribution is 9.10. The number of rotatable bonds is 6. The molecule has 1 aromatic heterocycles. The molecule has 1 aromatic rings. The van der Waals surface area contributed by atoms with Gasteiger partial charge in [-0.15, -0.1) is 0 Å². The van der Waals surface area contributed by atoms with E-state index in [0.717, 1.165) is 11.0 Å². The number of nitrogens with two attached hydrogens (primary N) is 1. The van der Waals surface area contributed by atoms with Gasteiger partial charge >= 0.3 is 0 Å². The van der Waals surface area contributed by atoms with E-state index in [2.05, 4.69) is 43.6 Å². The summed E-state index contributed by atoms with van der Waals surface area (Å²) in [5.41, 5.74) is 2.40. The molecule has 0 aliphatic rings. The number of nitrogens with zero attached hydrogens (tertiary/aromatic N) is 2. The Labute approximate surface area is 103 Å². The van der Waals surface area contributed by atoms with Crippen LogP contribution in [-0.4, -0.2) is 30.2 Å². The maximum atomic E-state index is 5.23. The number of aromatic nitrogens is 2. The second kappa shape index (κ2) is 6.62. The molecule has 4 N–H and O–H groups in total. The molecule has 1 rings (SSSR count). The first-order chi connectivity index (χ1) is 7.67. The first-order valence-electron chi connectivity index (χ1n) is 4.89. The second-order valence-electron chi connectivity index (χ2n) is 3.48. The standard InChI is InChI=1S/C9H16BrN5O/c1-6(5-16-2)3-12-8-7(10)4-13-9(14-8)15-11/h4,6H,3,5,11H2,1-2H3,(H2,12,13,14,15). The Morgan fingerprint density at radius 1 is 1.62 bits per heavy atom. The maximum Gasteiger partial charge on any atom is 0.239 e. The highest BCUT2D eigenvalue weighted by Crippen LogP contribution is 2.19. The van der Waals surface area contributed by atoms with Crippen molar-refractivity contribution >= 4 is 27.7 Å². The van der Waals surface area contributed by atoms with Gasteiger partial charge in [0, 0.05) is 19.9 Å². The zero-order valence-electron chi connectivity index (χ0n) is 9.33. The molecule has 16 heavy (non-hydrogen) atoms. The zero-order chi connectivity index (χ0) is 12.0. The average molecular weight is 290 g/mol. The molecule has 90 valence electrons. The normalized spacial score (nSPS) is 12.2. The monoisotopic (exact) mass is 289 g/mol. The van der Waals surface area contributed by atoms with Crippen molar-refractivity contribution in [2.75, 3.05) is 31.0 Å². The second-order valence-corrected chi connectivity index (χ2v) is 4.33. The minimum Gasteiger partial charge on any atom is -0.384 e. The summed E-state index contributed by atoms with van der Waals surface area (Å²) in [6.07, 6.45) is 1.64. The van der Waals surface area contributed by atoms with E-state index in [0.29, 0.717) is 24.3 Å². The molecule has 0 saturated carbocycles. The molecule has 0 fully saturated rings. The highest BCUT2D eigenvalue weighted by Gasteiger charge is 2.06. The van der Waals surface area contributed by atoms with Crippen molar-refractivity contribution < 1.29 is 4.74 Å². The fourth-order valence-corrected chi connectivity index (χ4v) is 1.51. The van der Waals surface area contributed by atoms with Crippen LogP contribution in [0.25, 0.3) is 0 Å². The van der Waals surface area contributed by atoms with Gasteiger partial charge in [-0.2, -0.15) is 4.98 Å². The van der Waals surface area contributed by atoms with Gasteiger partial charge in [-0.05, 0) is 21.8 Å². The fraction of sp³-hybridized carbons (Fsp3) is 0.556. The minimum atomic E-state index is 0.380. The summed E-state index contributed by atoms with van der Waals surface area (Å²) in [7, 11) is 1.69. The molecule has 0 spiro atoms. The van der Waals surface area contributed by atoms with Crippen LogP contribution in [0.4, 0.5) is 11.8 Å². The number of anilines is 2. The predicted octanol–water partition coefficient (Wildman–Crippen LogP) is 1.22. The Balaban J connectivity index is 2.58. The third-order valence-electron chi connectivity index (χ3n) is 1.94. The summed E-state index contributed by atoms with van der Waals surface area (Å²) in [4.78, 5) is 8.14. The van der Waals surface area contributed by atoms with Gasteiger partial charge in [0.2, 0.25) is 5.95 Å². The van der Waals surface area contributed by atoms with Crippen LogP contribution < -0.4 is 16.6 Å². The lowest BCUT2D eigenvalue weighted by molar-refractivity contribution is 0.164. The lowest BCUT2D eigenvalue weighted by Crippen LogP contribution is -2.18. The molecule has 0 bridgehead atoms. The Bertz CT molecular complexity index is 336. The quantitative estimate of drug-likeness (QED) is 0.539. The first kappa shape index (κ1) is 13.1. The zero-order valence-corrected chi connectivity index (χ0v) is 10.9. The highest BCUT2D eigenvalue weighted by atomic mass is 79.9. The van der Waals surface area contributed by atoms with Gasteiger partial charge in [-0.25, -0.2) is 10.8 Å². The van der Waals surface area contributed by atoms with Crippen LogP contribution in [0, 0.1) is 5.92 Å². The summed E-state index contributed by atoms with van der Waals surface area (Å²) < 4.78 is 5.85. The number of ether oxygens (including phenoxy) is 1. The van der Waals surface area contributed by atoms with Gasteiger partial charge in [-0.1, -0.05) is 6.92 Å². The van der Waals surface area contributed by atoms with Crippen molar-refractivity contribution in [2.45, 2.75) is 6.92 Å². The summed E-state index contributed by atoms with van der Waals surface area (Å²) in [6, 6.07) is 0. The number of nitrogens with one attached hydrogen (secondary N) is 2. The number of methoxy groups -OCH3 is 1.